The predicted molar refractivity (Wildman–Crippen MR) is 138 cm³/mol. The van der Waals surface area contributed by atoms with Crippen molar-refractivity contribution >= 4 is 33.5 Å². The summed E-state index contributed by atoms with van der Waals surface area (Å²) in [6, 6.07) is 11.0. The van der Waals surface area contributed by atoms with Crippen molar-refractivity contribution in [1.82, 2.24) is 4.90 Å². The Labute approximate surface area is 206 Å². The number of sulfonamides is 1. The molecule has 10 heteroatoms. The summed E-state index contributed by atoms with van der Waals surface area (Å²) in [5, 5.41) is 15.2. The summed E-state index contributed by atoms with van der Waals surface area (Å²) in [7, 11) is -3.59. The van der Waals surface area contributed by atoms with Crippen LogP contribution < -0.4 is 14.8 Å². The number of nitrogen functional groups attached to an aromatic ring is 1. The van der Waals surface area contributed by atoms with Gasteiger partial charge in [-0.25, -0.2) is 12.8 Å². The lowest BCUT2D eigenvalue weighted by Crippen LogP contribution is -2.40. The molecule has 0 spiro atoms. The van der Waals surface area contributed by atoms with Crippen LogP contribution in [-0.4, -0.2) is 56.5 Å². The average molecular weight is 502 g/mol. The van der Waals surface area contributed by atoms with E-state index in [-0.39, 0.29) is 29.8 Å². The summed E-state index contributed by atoms with van der Waals surface area (Å²) >= 11 is 0. The van der Waals surface area contributed by atoms with E-state index in [4.69, 9.17) is 21.3 Å². The van der Waals surface area contributed by atoms with E-state index in [0.717, 1.165) is 25.9 Å². The van der Waals surface area contributed by atoms with E-state index in [1.165, 1.54) is 28.6 Å². The van der Waals surface area contributed by atoms with Crippen LogP contribution in [0.1, 0.15) is 37.8 Å². The number of nitrogens with zero attached hydrogens (tertiary/aromatic N) is 2. The van der Waals surface area contributed by atoms with E-state index in [9.17, 15) is 12.8 Å². The van der Waals surface area contributed by atoms with E-state index in [1.807, 2.05) is 4.90 Å². The summed E-state index contributed by atoms with van der Waals surface area (Å²) in [6.07, 6.45) is 4.75. The molecule has 1 aliphatic rings. The Bertz CT molecular complexity index is 1190. The molecule has 1 aliphatic heterocycles. The highest BCUT2D eigenvalue weighted by molar-refractivity contribution is 7.92. The zero-order valence-corrected chi connectivity index (χ0v) is 20.8. The quantitative estimate of drug-likeness (QED) is 0.356. The molecule has 0 aliphatic carbocycles. The maximum atomic E-state index is 14.2. The van der Waals surface area contributed by atoms with Crippen molar-refractivity contribution < 1.29 is 17.5 Å². The summed E-state index contributed by atoms with van der Waals surface area (Å²) in [5.74, 6) is 0.476. The zero-order valence-electron chi connectivity index (χ0n) is 20.0. The van der Waals surface area contributed by atoms with Crippen molar-refractivity contribution in [3.05, 3.63) is 65.5 Å². The highest BCUT2D eigenvalue weighted by Crippen LogP contribution is 2.25. The topological polar surface area (TPSA) is 124 Å². The van der Waals surface area contributed by atoms with Crippen LogP contribution in [-0.2, 0) is 10.0 Å². The minimum Gasteiger partial charge on any atom is -0.490 e. The third kappa shape index (κ3) is 6.82. The van der Waals surface area contributed by atoms with Gasteiger partial charge in [-0.1, -0.05) is 12.2 Å². The molecule has 0 bridgehead atoms. The number of ether oxygens (including phenoxy) is 1. The molecule has 4 N–H and O–H groups in total. The third-order valence-electron chi connectivity index (χ3n) is 5.92. The van der Waals surface area contributed by atoms with E-state index < -0.39 is 15.8 Å². The van der Waals surface area contributed by atoms with Crippen molar-refractivity contribution in [2.75, 3.05) is 29.7 Å². The molecule has 0 unspecified atom stereocenters. The SMILES string of the molecule is CCS(=O)(=O)N(CC=Cc1cc(C(=N)N)ccc1F)c1ccc(OC2CCN(C(C)=N)CC2)cc1. The van der Waals surface area contributed by atoms with Crippen LogP contribution in [0.2, 0.25) is 0 Å². The molecule has 0 atom stereocenters. The maximum Gasteiger partial charge on any atom is 0.235 e. The fourth-order valence-corrected chi connectivity index (χ4v) is 4.91. The lowest BCUT2D eigenvalue weighted by Gasteiger charge is -2.32. The molecule has 0 saturated carbocycles. The third-order valence-corrected chi connectivity index (χ3v) is 7.68. The van der Waals surface area contributed by atoms with Gasteiger partial charge < -0.3 is 15.4 Å². The van der Waals surface area contributed by atoms with E-state index in [0.29, 0.717) is 22.8 Å². The molecule has 1 fully saturated rings. The largest absolute Gasteiger partial charge is 0.490 e. The molecule has 8 nitrogen and oxygen atoms in total. The van der Waals surface area contributed by atoms with Gasteiger partial charge >= 0.3 is 0 Å². The van der Waals surface area contributed by atoms with Gasteiger partial charge in [0.25, 0.3) is 0 Å². The standard InChI is InChI=1S/C25H32FN5O3S/c1-3-35(32,33)31(14-4-5-19-17-20(25(28)29)6-11-24(19)26)21-7-9-22(10-8-21)34-23-12-15-30(16-13-23)18(2)27/h4-11,17,23,27H,3,12-16H2,1-2H3,(H3,28,29). The van der Waals surface area contributed by atoms with Crippen molar-refractivity contribution in [3.8, 4) is 5.75 Å². The minimum absolute atomic E-state index is 0.0154. The van der Waals surface area contributed by atoms with Crippen molar-refractivity contribution in [1.29, 1.82) is 10.8 Å². The van der Waals surface area contributed by atoms with Crippen LogP contribution >= 0.6 is 0 Å². The number of nitrogens with one attached hydrogen (secondary N) is 2. The number of anilines is 1. The zero-order chi connectivity index (χ0) is 25.6. The molecule has 3 rings (SSSR count). The van der Waals surface area contributed by atoms with Crippen LogP contribution in [0.25, 0.3) is 6.08 Å². The molecule has 35 heavy (non-hydrogen) atoms. The molecule has 1 saturated heterocycles. The molecular formula is C25H32FN5O3S. The van der Waals surface area contributed by atoms with E-state index in [2.05, 4.69) is 0 Å². The van der Waals surface area contributed by atoms with Crippen molar-refractivity contribution in [2.45, 2.75) is 32.8 Å². The van der Waals surface area contributed by atoms with Gasteiger partial charge in [0.2, 0.25) is 10.0 Å². The maximum absolute atomic E-state index is 14.2. The van der Waals surface area contributed by atoms with Crippen LogP contribution in [0, 0.1) is 16.6 Å². The van der Waals surface area contributed by atoms with Gasteiger partial charge in [-0.05, 0) is 56.3 Å². The van der Waals surface area contributed by atoms with Crippen LogP contribution in [0.5, 0.6) is 5.75 Å². The number of piperidine rings is 1. The summed E-state index contributed by atoms with van der Waals surface area (Å²) < 4.78 is 47.0. The van der Waals surface area contributed by atoms with E-state index in [1.54, 1.807) is 44.2 Å². The molecule has 2 aromatic rings. The van der Waals surface area contributed by atoms with Gasteiger partial charge in [-0.2, -0.15) is 0 Å². The van der Waals surface area contributed by atoms with Gasteiger partial charge in [-0.15, -0.1) is 0 Å². The second-order valence-electron chi connectivity index (χ2n) is 8.37. The average Bonchev–Trinajstić information content (AvgIpc) is 2.83. The first-order chi connectivity index (χ1) is 16.6. The van der Waals surface area contributed by atoms with Gasteiger partial charge in [0.05, 0.1) is 23.8 Å². The molecule has 2 aromatic carbocycles. The summed E-state index contributed by atoms with van der Waals surface area (Å²) in [4.78, 5) is 2.02. The summed E-state index contributed by atoms with van der Waals surface area (Å²) in [6.45, 7) is 4.93. The second-order valence-corrected chi connectivity index (χ2v) is 10.5. The second kappa shape index (κ2) is 11.4. The Morgan fingerprint density at radius 2 is 1.86 bits per heavy atom. The van der Waals surface area contributed by atoms with Crippen LogP contribution in [0.15, 0.2) is 48.5 Å². The minimum atomic E-state index is -3.59. The first kappa shape index (κ1) is 26.2. The predicted octanol–water partition coefficient (Wildman–Crippen LogP) is 3.82. The van der Waals surface area contributed by atoms with Gasteiger partial charge in [0.1, 0.15) is 23.5 Å². The number of rotatable bonds is 9. The molecule has 0 aromatic heterocycles. The number of likely N-dealkylation sites (tertiary alicyclic amines) is 1. The van der Waals surface area contributed by atoms with E-state index >= 15 is 0 Å². The highest BCUT2D eigenvalue weighted by atomic mass is 32.2. The summed E-state index contributed by atoms with van der Waals surface area (Å²) in [5.41, 5.74) is 6.57. The smallest absolute Gasteiger partial charge is 0.235 e. The van der Waals surface area contributed by atoms with Crippen LogP contribution in [0.3, 0.4) is 0 Å². The number of benzene rings is 2. The fraction of sp³-hybridized carbons (Fsp3) is 0.360. The Morgan fingerprint density at radius 3 is 2.43 bits per heavy atom. The number of nitrogens with two attached hydrogens (primary N) is 1. The number of amidine groups is 2. The van der Waals surface area contributed by atoms with Crippen molar-refractivity contribution in [2.24, 2.45) is 5.73 Å². The number of hydrogen-bond donors (Lipinski definition) is 3. The molecular weight excluding hydrogens is 469 g/mol. The Kier molecular flexibility index (Phi) is 8.50. The molecule has 188 valence electrons. The molecule has 0 radical (unpaired) electrons. The first-order valence-electron chi connectivity index (χ1n) is 11.5. The van der Waals surface area contributed by atoms with Gasteiger partial charge in [0, 0.05) is 37.1 Å². The lowest BCUT2D eigenvalue weighted by molar-refractivity contribution is 0.130. The normalized spacial score (nSPS) is 14.8. The Balaban J connectivity index is 1.71. The number of hydrogen-bond acceptors (Lipinski definition) is 5. The van der Waals surface area contributed by atoms with Crippen molar-refractivity contribution in [3.63, 3.8) is 0 Å². The molecule has 1 heterocycles. The monoisotopic (exact) mass is 501 g/mol. The fourth-order valence-electron chi connectivity index (χ4n) is 3.84. The van der Waals surface area contributed by atoms with Gasteiger partial charge in [-0.3, -0.25) is 15.1 Å². The first-order valence-corrected chi connectivity index (χ1v) is 13.1. The number of halogens is 1. The van der Waals surface area contributed by atoms with Gasteiger partial charge in [0.15, 0.2) is 0 Å². The Hall–Kier alpha value is -3.40. The Morgan fingerprint density at radius 1 is 1.20 bits per heavy atom. The highest BCUT2D eigenvalue weighted by Gasteiger charge is 2.22. The molecule has 0 amide bonds. The van der Waals surface area contributed by atoms with Crippen LogP contribution in [0.4, 0.5) is 10.1 Å². The lowest BCUT2D eigenvalue weighted by atomic mass is 10.1.